The van der Waals surface area contributed by atoms with Crippen molar-refractivity contribution in [3.05, 3.63) is 134 Å². The van der Waals surface area contributed by atoms with Gasteiger partial charge in [0, 0.05) is 17.3 Å². The van der Waals surface area contributed by atoms with E-state index in [1.807, 2.05) is 12.3 Å². The second kappa shape index (κ2) is 7.78. The summed E-state index contributed by atoms with van der Waals surface area (Å²) >= 11 is 0. The Morgan fingerprint density at radius 2 is 1.00 bits per heavy atom. The molecule has 2 nitrogen and oxygen atoms in total. The summed E-state index contributed by atoms with van der Waals surface area (Å²) < 4.78 is 2.32. The highest BCUT2D eigenvalue weighted by molar-refractivity contribution is 6.25. The van der Waals surface area contributed by atoms with Gasteiger partial charge in [-0.3, -0.25) is 4.98 Å². The Labute approximate surface area is 214 Å². The predicted molar refractivity (Wildman–Crippen MR) is 157 cm³/mol. The summed E-state index contributed by atoms with van der Waals surface area (Å²) in [6.07, 6.45) is 1.87. The van der Waals surface area contributed by atoms with Crippen LogP contribution in [0.25, 0.3) is 71.1 Å². The quantitative estimate of drug-likeness (QED) is 0.230. The van der Waals surface area contributed by atoms with Crippen LogP contribution in [0.3, 0.4) is 0 Å². The van der Waals surface area contributed by atoms with Gasteiger partial charge in [-0.2, -0.15) is 0 Å². The minimum Gasteiger partial charge on any atom is -0.308 e. The number of fused-ring (bicyclic) bond motifs is 9. The summed E-state index contributed by atoms with van der Waals surface area (Å²) in [6.45, 7) is 0. The Morgan fingerprint density at radius 3 is 1.76 bits per heavy atom. The van der Waals surface area contributed by atoms with Crippen LogP contribution in [0.1, 0.15) is 0 Å². The first-order chi connectivity index (χ1) is 18.4. The van der Waals surface area contributed by atoms with E-state index in [1.54, 1.807) is 0 Å². The van der Waals surface area contributed by atoms with Crippen LogP contribution in [0, 0.1) is 0 Å². The molecule has 0 unspecified atom stereocenters. The van der Waals surface area contributed by atoms with Crippen LogP contribution in [0.5, 0.6) is 0 Å². The largest absolute Gasteiger partial charge is 0.308 e. The van der Waals surface area contributed by atoms with Crippen molar-refractivity contribution in [1.82, 2.24) is 9.55 Å². The smallest absolute Gasteiger partial charge is 0.0963 e. The van der Waals surface area contributed by atoms with Crippen LogP contribution in [0.4, 0.5) is 0 Å². The maximum Gasteiger partial charge on any atom is 0.0963 e. The standard InChI is InChI=1S/C35H22N2/c1-2-13-28-26(11-1)27-12-3-4-14-29(27)32-22-24(18-19-30(28)32)23-9-7-10-25(21-23)37-33-16-6-5-15-31(33)35-34(37)17-8-20-36-35/h1-22H. The van der Waals surface area contributed by atoms with Crippen molar-refractivity contribution in [2.45, 2.75) is 0 Å². The lowest BCUT2D eigenvalue weighted by molar-refractivity contribution is 1.18. The molecule has 0 aliphatic carbocycles. The molecule has 8 rings (SSSR count). The maximum atomic E-state index is 4.70. The average Bonchev–Trinajstić information content (AvgIpc) is 3.32. The molecular formula is C35H22N2. The summed E-state index contributed by atoms with van der Waals surface area (Å²) in [4.78, 5) is 4.70. The van der Waals surface area contributed by atoms with E-state index in [2.05, 4.69) is 126 Å². The monoisotopic (exact) mass is 470 g/mol. The molecule has 0 saturated carbocycles. The van der Waals surface area contributed by atoms with Crippen molar-refractivity contribution in [3.63, 3.8) is 0 Å². The number of nitrogens with zero attached hydrogens (tertiary/aromatic N) is 2. The van der Waals surface area contributed by atoms with Crippen molar-refractivity contribution in [2.75, 3.05) is 0 Å². The Balaban J connectivity index is 1.38. The van der Waals surface area contributed by atoms with E-state index in [-0.39, 0.29) is 0 Å². The molecule has 0 aliphatic rings. The van der Waals surface area contributed by atoms with E-state index in [9.17, 15) is 0 Å². The zero-order valence-corrected chi connectivity index (χ0v) is 20.1. The Kier molecular flexibility index (Phi) is 4.26. The fourth-order valence-electron chi connectivity index (χ4n) is 5.97. The zero-order valence-electron chi connectivity index (χ0n) is 20.1. The minimum atomic E-state index is 1.03. The Bertz CT molecular complexity index is 2060. The van der Waals surface area contributed by atoms with Gasteiger partial charge in [0.1, 0.15) is 0 Å². The summed E-state index contributed by atoms with van der Waals surface area (Å²) in [5.41, 5.74) is 6.88. The summed E-state index contributed by atoms with van der Waals surface area (Å²) in [5, 5.41) is 8.96. The Morgan fingerprint density at radius 1 is 0.405 bits per heavy atom. The molecule has 8 aromatic rings. The lowest BCUT2D eigenvalue weighted by atomic mass is 9.92. The van der Waals surface area contributed by atoms with E-state index in [0.717, 1.165) is 16.7 Å². The van der Waals surface area contributed by atoms with Crippen molar-refractivity contribution >= 4 is 54.3 Å². The van der Waals surface area contributed by atoms with Gasteiger partial charge in [-0.1, -0.05) is 91.0 Å². The molecule has 37 heavy (non-hydrogen) atoms. The van der Waals surface area contributed by atoms with Crippen LogP contribution >= 0.6 is 0 Å². The molecule has 2 aromatic heterocycles. The van der Waals surface area contributed by atoms with Crippen LogP contribution in [0.15, 0.2) is 134 Å². The van der Waals surface area contributed by atoms with E-state index < -0.39 is 0 Å². The predicted octanol–water partition coefficient (Wildman–Crippen LogP) is 9.31. The molecule has 0 atom stereocenters. The SMILES string of the molecule is c1cc(-c2ccc3c4ccccc4c4ccccc4c3c2)cc(-n2c3ccccc3c3ncccc32)c1. The van der Waals surface area contributed by atoms with Gasteiger partial charge in [0.25, 0.3) is 0 Å². The van der Waals surface area contributed by atoms with Gasteiger partial charge in [0.05, 0.1) is 16.6 Å². The highest BCUT2D eigenvalue weighted by Gasteiger charge is 2.14. The van der Waals surface area contributed by atoms with Gasteiger partial charge >= 0.3 is 0 Å². The van der Waals surface area contributed by atoms with Gasteiger partial charge in [0.2, 0.25) is 0 Å². The van der Waals surface area contributed by atoms with Gasteiger partial charge in [-0.05, 0) is 79.8 Å². The van der Waals surface area contributed by atoms with Crippen molar-refractivity contribution < 1.29 is 0 Å². The number of hydrogen-bond acceptors (Lipinski definition) is 1. The fraction of sp³-hybridized carbons (Fsp3) is 0. The lowest BCUT2D eigenvalue weighted by Crippen LogP contribution is -1.94. The zero-order chi connectivity index (χ0) is 24.3. The first kappa shape index (κ1) is 20.3. The number of hydrogen-bond donors (Lipinski definition) is 0. The van der Waals surface area contributed by atoms with Crippen LogP contribution in [-0.2, 0) is 0 Å². The van der Waals surface area contributed by atoms with Crippen molar-refractivity contribution in [3.8, 4) is 16.8 Å². The molecule has 2 heterocycles. The summed E-state index contributed by atoms with van der Waals surface area (Å²) in [7, 11) is 0. The second-order valence-electron chi connectivity index (χ2n) is 9.63. The van der Waals surface area contributed by atoms with E-state index in [0.29, 0.717) is 0 Å². The molecule has 6 aromatic carbocycles. The molecule has 2 heteroatoms. The van der Waals surface area contributed by atoms with Gasteiger partial charge in [0.15, 0.2) is 0 Å². The summed E-state index contributed by atoms with van der Waals surface area (Å²) in [6, 6.07) is 45.9. The van der Waals surface area contributed by atoms with Crippen LogP contribution < -0.4 is 0 Å². The number of pyridine rings is 1. The molecule has 0 radical (unpaired) electrons. The lowest BCUT2D eigenvalue weighted by Gasteiger charge is -2.13. The number of para-hydroxylation sites is 1. The normalized spacial score (nSPS) is 11.8. The maximum absolute atomic E-state index is 4.70. The van der Waals surface area contributed by atoms with Gasteiger partial charge < -0.3 is 4.57 Å². The van der Waals surface area contributed by atoms with E-state index >= 15 is 0 Å². The molecule has 0 spiro atoms. The number of aromatic nitrogens is 2. The molecular weight excluding hydrogens is 448 g/mol. The molecule has 0 aliphatic heterocycles. The van der Waals surface area contributed by atoms with Crippen molar-refractivity contribution in [1.29, 1.82) is 0 Å². The third-order valence-corrected chi connectivity index (χ3v) is 7.61. The fourth-order valence-corrected chi connectivity index (χ4v) is 5.97. The first-order valence-electron chi connectivity index (χ1n) is 12.6. The average molecular weight is 471 g/mol. The van der Waals surface area contributed by atoms with Crippen molar-refractivity contribution in [2.24, 2.45) is 0 Å². The first-order valence-corrected chi connectivity index (χ1v) is 12.6. The number of benzene rings is 6. The minimum absolute atomic E-state index is 1.03. The van der Waals surface area contributed by atoms with Crippen LogP contribution in [-0.4, -0.2) is 9.55 Å². The van der Waals surface area contributed by atoms with E-state index in [4.69, 9.17) is 4.98 Å². The Hall–Kier alpha value is -4.95. The molecule has 172 valence electrons. The third-order valence-electron chi connectivity index (χ3n) is 7.61. The van der Waals surface area contributed by atoms with Crippen LogP contribution in [0.2, 0.25) is 0 Å². The van der Waals surface area contributed by atoms with Gasteiger partial charge in [-0.25, -0.2) is 0 Å². The molecule has 0 amide bonds. The molecule has 0 fully saturated rings. The highest BCUT2D eigenvalue weighted by Crippen LogP contribution is 2.38. The number of rotatable bonds is 2. The molecule has 0 bridgehead atoms. The topological polar surface area (TPSA) is 17.8 Å². The molecule has 0 N–H and O–H groups in total. The summed E-state index contributed by atoms with van der Waals surface area (Å²) in [5.74, 6) is 0. The molecule has 0 saturated heterocycles. The second-order valence-corrected chi connectivity index (χ2v) is 9.63. The van der Waals surface area contributed by atoms with Gasteiger partial charge in [-0.15, -0.1) is 0 Å². The highest BCUT2D eigenvalue weighted by atomic mass is 15.0. The van der Waals surface area contributed by atoms with E-state index in [1.165, 1.54) is 54.3 Å². The third kappa shape index (κ3) is 2.96.